The van der Waals surface area contributed by atoms with E-state index in [0.29, 0.717) is 12.1 Å². The molecule has 74 valence electrons. The maximum atomic E-state index is 8.54. The van der Waals surface area contributed by atoms with Gasteiger partial charge in [0.2, 0.25) is 0 Å². The van der Waals surface area contributed by atoms with Crippen molar-refractivity contribution < 1.29 is 5.11 Å². The van der Waals surface area contributed by atoms with E-state index in [0.717, 1.165) is 6.54 Å². The van der Waals surface area contributed by atoms with Gasteiger partial charge in [0.05, 0.1) is 6.54 Å². The van der Waals surface area contributed by atoms with Gasteiger partial charge in [-0.3, -0.25) is 4.90 Å². The first-order chi connectivity index (χ1) is 6.25. The zero-order chi connectivity index (χ0) is 9.68. The largest absolute Gasteiger partial charge is 0.384 e. The molecule has 1 heterocycles. The van der Waals surface area contributed by atoms with E-state index >= 15 is 0 Å². The fraction of sp³-hybridized carbons (Fsp3) is 0.818. The van der Waals surface area contributed by atoms with Gasteiger partial charge in [0, 0.05) is 12.1 Å². The molecule has 1 aliphatic heterocycles. The zero-order valence-corrected chi connectivity index (χ0v) is 8.58. The third-order valence-corrected chi connectivity index (χ3v) is 2.84. The fourth-order valence-corrected chi connectivity index (χ4v) is 1.99. The van der Waals surface area contributed by atoms with E-state index in [-0.39, 0.29) is 6.61 Å². The van der Waals surface area contributed by atoms with E-state index in [4.69, 9.17) is 5.11 Å². The van der Waals surface area contributed by atoms with Gasteiger partial charge < -0.3 is 5.11 Å². The number of aliphatic hydroxyl groups excluding tert-OH is 1. The monoisotopic (exact) mass is 181 g/mol. The predicted molar refractivity (Wildman–Crippen MR) is 54.3 cm³/mol. The average Bonchev–Trinajstić information content (AvgIpc) is 2.10. The molecule has 1 rings (SSSR count). The molecule has 0 amide bonds. The zero-order valence-electron chi connectivity index (χ0n) is 8.58. The molecular formula is C11H19NO. The van der Waals surface area contributed by atoms with Crippen LogP contribution in [0.4, 0.5) is 0 Å². The molecule has 0 bridgehead atoms. The van der Waals surface area contributed by atoms with Crippen LogP contribution >= 0.6 is 0 Å². The first kappa shape index (κ1) is 10.6. The Labute approximate surface area is 80.9 Å². The second kappa shape index (κ2) is 5.26. The molecule has 0 aromatic rings. The molecule has 0 radical (unpaired) electrons. The molecule has 0 saturated carbocycles. The second-order valence-electron chi connectivity index (χ2n) is 3.81. The van der Waals surface area contributed by atoms with E-state index < -0.39 is 0 Å². The van der Waals surface area contributed by atoms with Crippen molar-refractivity contribution in [2.24, 2.45) is 0 Å². The van der Waals surface area contributed by atoms with Crippen molar-refractivity contribution in [2.45, 2.75) is 45.2 Å². The summed E-state index contributed by atoms with van der Waals surface area (Å²) in [4.78, 5) is 2.42. The Hall–Kier alpha value is -0.520. The van der Waals surface area contributed by atoms with Gasteiger partial charge in [-0.05, 0) is 26.7 Å². The Kier molecular flexibility index (Phi) is 4.27. The van der Waals surface area contributed by atoms with E-state index in [1.54, 1.807) is 0 Å². The summed E-state index contributed by atoms with van der Waals surface area (Å²) in [6, 6.07) is 1.30. The highest BCUT2D eigenvalue weighted by atomic mass is 16.2. The minimum atomic E-state index is -0.0173. The Balaban J connectivity index is 2.44. The molecule has 0 spiro atoms. The third-order valence-electron chi connectivity index (χ3n) is 2.84. The molecule has 2 nitrogen and oxygen atoms in total. The first-order valence-electron chi connectivity index (χ1n) is 5.08. The topological polar surface area (TPSA) is 23.5 Å². The van der Waals surface area contributed by atoms with Crippen LogP contribution < -0.4 is 0 Å². The summed E-state index contributed by atoms with van der Waals surface area (Å²) in [5, 5.41) is 8.54. The lowest BCUT2D eigenvalue weighted by Gasteiger charge is -2.37. The molecule has 1 saturated heterocycles. The van der Waals surface area contributed by atoms with Crippen LogP contribution in [0, 0.1) is 11.8 Å². The van der Waals surface area contributed by atoms with Crippen LogP contribution in [0.1, 0.15) is 33.1 Å². The first-order valence-corrected chi connectivity index (χ1v) is 5.08. The van der Waals surface area contributed by atoms with Crippen molar-refractivity contribution >= 4 is 0 Å². The average molecular weight is 181 g/mol. The van der Waals surface area contributed by atoms with Crippen molar-refractivity contribution in [3.05, 3.63) is 0 Å². The highest BCUT2D eigenvalue weighted by Gasteiger charge is 2.23. The van der Waals surface area contributed by atoms with Gasteiger partial charge in [0.25, 0.3) is 0 Å². The molecule has 0 aliphatic carbocycles. The van der Waals surface area contributed by atoms with Crippen molar-refractivity contribution in [2.75, 3.05) is 13.2 Å². The smallest absolute Gasteiger partial charge is 0.104 e. The lowest BCUT2D eigenvalue weighted by atomic mass is 9.98. The standard InChI is InChI=1S/C11H19NO/c1-10-6-5-7-11(2)12(10)8-3-4-9-13/h10-11,13H,5-9H2,1-2H3/t10-,11+. The van der Waals surface area contributed by atoms with Gasteiger partial charge in [-0.2, -0.15) is 0 Å². The normalized spacial score (nSPS) is 29.5. The van der Waals surface area contributed by atoms with Crippen LogP contribution in [-0.4, -0.2) is 35.2 Å². The minimum absolute atomic E-state index is 0.0173. The number of hydrogen-bond acceptors (Lipinski definition) is 2. The number of rotatable bonds is 1. The highest BCUT2D eigenvalue weighted by molar-refractivity contribution is 5.02. The molecule has 0 aromatic carbocycles. The van der Waals surface area contributed by atoms with Crippen molar-refractivity contribution in [1.29, 1.82) is 0 Å². The summed E-state index contributed by atoms with van der Waals surface area (Å²) in [5.74, 6) is 5.69. The van der Waals surface area contributed by atoms with Crippen LogP contribution in [0.25, 0.3) is 0 Å². The Morgan fingerprint density at radius 2 is 1.85 bits per heavy atom. The van der Waals surface area contributed by atoms with Crippen molar-refractivity contribution in [3.63, 3.8) is 0 Å². The maximum absolute atomic E-state index is 8.54. The molecule has 2 atom stereocenters. The molecule has 1 aliphatic rings. The van der Waals surface area contributed by atoms with E-state index in [9.17, 15) is 0 Å². The van der Waals surface area contributed by atoms with Gasteiger partial charge in [-0.15, -0.1) is 0 Å². The number of nitrogens with zero attached hydrogens (tertiary/aromatic N) is 1. The molecule has 1 fully saturated rings. The van der Waals surface area contributed by atoms with Gasteiger partial charge in [-0.25, -0.2) is 0 Å². The summed E-state index contributed by atoms with van der Waals surface area (Å²) in [6.07, 6.45) is 3.91. The number of hydrogen-bond donors (Lipinski definition) is 1. The van der Waals surface area contributed by atoms with Crippen LogP contribution in [0.15, 0.2) is 0 Å². The molecule has 13 heavy (non-hydrogen) atoms. The quantitative estimate of drug-likeness (QED) is 0.615. The molecule has 1 N–H and O–H groups in total. The SMILES string of the molecule is C[C@@H]1CCC[C@H](C)N1CC#CCO. The molecule has 0 unspecified atom stereocenters. The minimum Gasteiger partial charge on any atom is -0.384 e. The van der Waals surface area contributed by atoms with Crippen molar-refractivity contribution in [3.8, 4) is 11.8 Å². The summed E-state index contributed by atoms with van der Waals surface area (Å²) in [6.45, 7) is 5.31. The summed E-state index contributed by atoms with van der Waals surface area (Å²) < 4.78 is 0. The Morgan fingerprint density at radius 3 is 2.38 bits per heavy atom. The second-order valence-corrected chi connectivity index (χ2v) is 3.81. The van der Waals surface area contributed by atoms with Gasteiger partial charge >= 0.3 is 0 Å². The van der Waals surface area contributed by atoms with Gasteiger partial charge in [0.1, 0.15) is 6.61 Å². The Morgan fingerprint density at radius 1 is 1.23 bits per heavy atom. The summed E-state index contributed by atoms with van der Waals surface area (Å²) >= 11 is 0. The highest BCUT2D eigenvalue weighted by Crippen LogP contribution is 2.21. The number of likely N-dealkylation sites (tertiary alicyclic amines) is 1. The van der Waals surface area contributed by atoms with E-state index in [1.165, 1.54) is 19.3 Å². The van der Waals surface area contributed by atoms with Gasteiger partial charge in [0.15, 0.2) is 0 Å². The molecule has 2 heteroatoms. The Bertz CT molecular complexity index is 194. The van der Waals surface area contributed by atoms with Crippen molar-refractivity contribution in [1.82, 2.24) is 4.90 Å². The summed E-state index contributed by atoms with van der Waals surface area (Å²) in [5.41, 5.74) is 0. The van der Waals surface area contributed by atoms with Crippen LogP contribution in [-0.2, 0) is 0 Å². The summed E-state index contributed by atoms with van der Waals surface area (Å²) in [7, 11) is 0. The lowest BCUT2D eigenvalue weighted by molar-refractivity contribution is 0.121. The number of aliphatic hydroxyl groups is 1. The number of piperidine rings is 1. The van der Waals surface area contributed by atoms with Crippen LogP contribution in [0.3, 0.4) is 0 Å². The van der Waals surface area contributed by atoms with E-state index in [1.807, 2.05) is 0 Å². The lowest BCUT2D eigenvalue weighted by Crippen LogP contribution is -2.43. The van der Waals surface area contributed by atoms with E-state index in [2.05, 4.69) is 30.6 Å². The maximum Gasteiger partial charge on any atom is 0.104 e. The van der Waals surface area contributed by atoms with Crippen LogP contribution in [0.5, 0.6) is 0 Å². The van der Waals surface area contributed by atoms with Gasteiger partial charge in [-0.1, -0.05) is 18.3 Å². The predicted octanol–water partition coefficient (Wildman–Crippen LogP) is 1.25. The third kappa shape index (κ3) is 3.02. The van der Waals surface area contributed by atoms with Crippen LogP contribution in [0.2, 0.25) is 0 Å². The molecular weight excluding hydrogens is 162 g/mol. The molecule has 0 aromatic heterocycles. The fourth-order valence-electron chi connectivity index (χ4n) is 1.99.